The van der Waals surface area contributed by atoms with E-state index in [1.54, 1.807) is 0 Å². The van der Waals surface area contributed by atoms with Gasteiger partial charge in [0.25, 0.3) is 0 Å². The second-order valence-electron chi connectivity index (χ2n) is 2.74. The number of hydrogen-bond acceptors (Lipinski definition) is 4. The minimum atomic E-state index is -1.03. The summed E-state index contributed by atoms with van der Waals surface area (Å²) in [4.78, 5) is 21.2. The number of carbonyl (C=O) groups excluding carboxylic acids is 1. The number of amides is 1. The SMILES string of the molecule is CC(=O)N[C@H](CS[13CH2][13CH2][13CH2]O)C(=O)O. The van der Waals surface area contributed by atoms with Crippen LogP contribution in [0.25, 0.3) is 0 Å². The number of aliphatic carboxylic acids is 1. The predicted molar refractivity (Wildman–Crippen MR) is 54.3 cm³/mol. The molecule has 0 bridgehead atoms. The maximum Gasteiger partial charge on any atom is 0.327 e. The summed E-state index contributed by atoms with van der Waals surface area (Å²) in [5.74, 6) is -0.355. The lowest BCUT2D eigenvalue weighted by Crippen LogP contribution is -2.41. The van der Waals surface area contributed by atoms with Crippen molar-refractivity contribution in [2.45, 2.75) is 19.4 Å². The summed E-state index contributed by atoms with van der Waals surface area (Å²) in [5, 5.41) is 19.5. The molecule has 82 valence electrons. The van der Waals surface area contributed by atoms with Gasteiger partial charge in [-0.05, 0) is 12.2 Å². The van der Waals surface area contributed by atoms with Crippen LogP contribution in [0.5, 0.6) is 0 Å². The lowest BCUT2D eigenvalue weighted by molar-refractivity contribution is -0.140. The van der Waals surface area contributed by atoms with Crippen LogP contribution >= 0.6 is 11.8 Å². The van der Waals surface area contributed by atoms with E-state index in [0.717, 1.165) is 0 Å². The van der Waals surface area contributed by atoms with E-state index in [1.165, 1.54) is 18.7 Å². The van der Waals surface area contributed by atoms with Gasteiger partial charge < -0.3 is 15.5 Å². The van der Waals surface area contributed by atoms with Gasteiger partial charge in [0.15, 0.2) is 0 Å². The number of carboxylic acids is 1. The van der Waals surface area contributed by atoms with Crippen LogP contribution in [0.2, 0.25) is 0 Å². The fourth-order valence-electron chi connectivity index (χ4n) is 0.788. The Morgan fingerprint density at radius 1 is 1.50 bits per heavy atom. The number of hydrogen-bond donors (Lipinski definition) is 3. The van der Waals surface area contributed by atoms with E-state index in [9.17, 15) is 9.59 Å². The highest BCUT2D eigenvalue weighted by atomic mass is 32.2. The third-order valence-corrected chi connectivity index (χ3v) is 2.55. The Hall–Kier alpha value is -0.750. The van der Waals surface area contributed by atoms with Gasteiger partial charge in [-0.15, -0.1) is 0 Å². The zero-order valence-corrected chi connectivity index (χ0v) is 8.84. The smallest absolute Gasteiger partial charge is 0.327 e. The Kier molecular flexibility index (Phi) is 7.23. The third kappa shape index (κ3) is 6.73. The Bertz CT molecular complexity index is 198. The Labute approximate surface area is 86.9 Å². The quantitative estimate of drug-likeness (QED) is 0.408. The van der Waals surface area contributed by atoms with E-state index in [2.05, 4.69) is 5.32 Å². The van der Waals surface area contributed by atoms with Gasteiger partial charge in [-0.2, -0.15) is 11.8 Å². The zero-order valence-electron chi connectivity index (χ0n) is 8.02. The van der Waals surface area contributed by atoms with Crippen molar-refractivity contribution in [1.82, 2.24) is 5.32 Å². The Balaban J connectivity index is 3.74. The summed E-state index contributed by atoms with van der Waals surface area (Å²) in [6.07, 6.45) is 0.636. The van der Waals surface area contributed by atoms with Crippen molar-refractivity contribution in [2.24, 2.45) is 0 Å². The van der Waals surface area contributed by atoms with Gasteiger partial charge in [-0.25, -0.2) is 4.79 Å². The third-order valence-electron chi connectivity index (χ3n) is 1.41. The maximum absolute atomic E-state index is 10.6. The van der Waals surface area contributed by atoms with Crippen LogP contribution in [0.4, 0.5) is 0 Å². The first kappa shape index (κ1) is 13.2. The molecular weight excluding hydrogens is 209 g/mol. The molecule has 5 nitrogen and oxygen atoms in total. The molecule has 3 N–H and O–H groups in total. The van der Waals surface area contributed by atoms with E-state index in [0.29, 0.717) is 17.9 Å². The van der Waals surface area contributed by atoms with Gasteiger partial charge in [-0.1, -0.05) is 0 Å². The van der Waals surface area contributed by atoms with Gasteiger partial charge in [-0.3, -0.25) is 4.79 Å². The normalized spacial score (nSPS) is 12.1. The molecule has 0 aliphatic carbocycles. The highest BCUT2D eigenvalue weighted by molar-refractivity contribution is 7.99. The van der Waals surface area contributed by atoms with Crippen LogP contribution in [-0.4, -0.2) is 46.2 Å². The fraction of sp³-hybridized carbons (Fsp3) is 0.750. The zero-order chi connectivity index (χ0) is 11.0. The highest BCUT2D eigenvalue weighted by Crippen LogP contribution is 2.04. The molecule has 14 heavy (non-hydrogen) atoms. The molecule has 0 spiro atoms. The monoisotopic (exact) mass is 224 g/mol. The van der Waals surface area contributed by atoms with Crippen LogP contribution in [-0.2, 0) is 9.59 Å². The summed E-state index contributed by atoms with van der Waals surface area (Å²) < 4.78 is 0. The Morgan fingerprint density at radius 3 is 2.57 bits per heavy atom. The van der Waals surface area contributed by atoms with Crippen LogP contribution in [0, 0.1) is 0 Å². The number of nitrogens with one attached hydrogen (secondary N) is 1. The fourth-order valence-corrected chi connectivity index (χ4v) is 1.75. The number of rotatable bonds is 7. The molecule has 0 saturated carbocycles. The average molecular weight is 224 g/mol. The summed E-state index contributed by atoms with van der Waals surface area (Å²) in [6, 6.07) is -0.837. The minimum Gasteiger partial charge on any atom is -0.480 e. The second-order valence-corrected chi connectivity index (χ2v) is 3.89. The van der Waals surface area contributed by atoms with Crippen molar-refractivity contribution in [3.05, 3.63) is 0 Å². The first-order valence-corrected chi connectivity index (χ1v) is 5.42. The van der Waals surface area contributed by atoms with E-state index in [4.69, 9.17) is 10.2 Å². The van der Waals surface area contributed by atoms with Gasteiger partial charge in [0.1, 0.15) is 6.04 Å². The standard InChI is InChI=1S/C8H15NO4S/c1-6(11)9-7(8(12)13)5-14-4-2-3-10/h7,10H,2-5H2,1H3,(H,9,11)(H,12,13)/t7-/m1/s1/i2+1,3+1,4+1. The second kappa shape index (κ2) is 7.64. The molecule has 1 amide bonds. The van der Waals surface area contributed by atoms with Crippen molar-refractivity contribution in [2.75, 3.05) is 18.1 Å². The molecule has 0 aromatic heterocycles. The highest BCUT2D eigenvalue weighted by Gasteiger charge is 2.17. The molecule has 0 aliphatic heterocycles. The molecule has 0 rings (SSSR count). The lowest BCUT2D eigenvalue weighted by atomic mass is 10.3. The van der Waals surface area contributed by atoms with Crippen molar-refractivity contribution >= 4 is 23.6 Å². The van der Waals surface area contributed by atoms with Crippen LogP contribution in [0.1, 0.15) is 13.3 Å². The van der Waals surface area contributed by atoms with Crippen molar-refractivity contribution in [3.8, 4) is 0 Å². The lowest BCUT2D eigenvalue weighted by Gasteiger charge is -2.12. The molecule has 0 heterocycles. The van der Waals surface area contributed by atoms with E-state index in [-0.39, 0.29) is 12.5 Å². The summed E-state index contributed by atoms with van der Waals surface area (Å²) in [5.41, 5.74) is 0. The molecule has 0 saturated heterocycles. The number of aliphatic hydroxyl groups is 1. The van der Waals surface area contributed by atoms with E-state index < -0.39 is 12.0 Å². The largest absolute Gasteiger partial charge is 0.480 e. The molecule has 0 aromatic rings. The first-order chi connectivity index (χ1) is 6.57. The summed E-state index contributed by atoms with van der Waals surface area (Å²) in [7, 11) is 0. The van der Waals surface area contributed by atoms with Gasteiger partial charge in [0.05, 0.1) is 0 Å². The summed E-state index contributed by atoms with van der Waals surface area (Å²) in [6.45, 7) is 1.39. The van der Waals surface area contributed by atoms with Crippen LogP contribution in [0.3, 0.4) is 0 Å². The molecule has 0 unspecified atom stereocenters. The molecule has 0 aliphatic rings. The number of thioether (sulfide) groups is 1. The number of carbonyl (C=O) groups is 2. The van der Waals surface area contributed by atoms with Crippen molar-refractivity contribution in [1.29, 1.82) is 0 Å². The topological polar surface area (TPSA) is 86.6 Å². The minimum absolute atomic E-state index is 0.102. The van der Waals surface area contributed by atoms with E-state index >= 15 is 0 Å². The average Bonchev–Trinajstić information content (AvgIpc) is 2.09. The molecule has 6 heteroatoms. The van der Waals surface area contributed by atoms with Crippen molar-refractivity contribution < 1.29 is 19.8 Å². The van der Waals surface area contributed by atoms with Crippen molar-refractivity contribution in [3.63, 3.8) is 0 Å². The van der Waals surface area contributed by atoms with E-state index in [1.807, 2.05) is 0 Å². The van der Waals surface area contributed by atoms with Gasteiger partial charge >= 0.3 is 5.97 Å². The first-order valence-electron chi connectivity index (χ1n) is 4.26. The van der Waals surface area contributed by atoms with Gasteiger partial charge in [0.2, 0.25) is 5.91 Å². The molecule has 0 radical (unpaired) electrons. The number of aliphatic hydroxyl groups excluding tert-OH is 1. The summed E-state index contributed by atoms with van der Waals surface area (Å²) >= 11 is 1.40. The number of carboxylic acid groups (broad SMARTS) is 1. The predicted octanol–water partition coefficient (Wildman–Crippen LogP) is -0.309. The molecular formula is C8H15NO4S. The maximum atomic E-state index is 10.6. The van der Waals surface area contributed by atoms with Crippen LogP contribution in [0.15, 0.2) is 0 Å². The molecule has 0 aromatic carbocycles. The molecule has 1 atom stereocenters. The van der Waals surface area contributed by atoms with Gasteiger partial charge in [0, 0.05) is 19.3 Å². The molecule has 0 fully saturated rings. The Morgan fingerprint density at radius 2 is 2.14 bits per heavy atom. The van der Waals surface area contributed by atoms with Crippen LogP contribution < -0.4 is 5.32 Å².